The van der Waals surface area contributed by atoms with E-state index in [9.17, 15) is 4.79 Å². The highest BCUT2D eigenvalue weighted by atomic mass is 16.1. The van der Waals surface area contributed by atoms with Crippen molar-refractivity contribution in [1.82, 2.24) is 15.3 Å². The summed E-state index contributed by atoms with van der Waals surface area (Å²) in [5, 5.41) is 6.01. The van der Waals surface area contributed by atoms with Crippen LogP contribution < -0.4 is 10.6 Å². The molecule has 0 saturated heterocycles. The quantitative estimate of drug-likeness (QED) is 0.733. The number of rotatable bonds is 6. The maximum absolute atomic E-state index is 12.1. The third kappa shape index (κ3) is 4.39. The average molecular weight is 318 g/mol. The molecule has 0 fully saturated rings. The highest BCUT2D eigenvalue weighted by Gasteiger charge is 2.07. The van der Waals surface area contributed by atoms with E-state index in [0.29, 0.717) is 24.6 Å². The maximum Gasteiger partial charge on any atom is 0.271 e. The molecule has 1 amide bonds. The molecule has 5 heteroatoms. The minimum Gasteiger partial charge on any atom is -0.365 e. The summed E-state index contributed by atoms with van der Waals surface area (Å²) in [6.07, 6.45) is 3.05. The summed E-state index contributed by atoms with van der Waals surface area (Å²) in [5.74, 6) is 0.402. The number of hydrogen-bond acceptors (Lipinski definition) is 4. The predicted octanol–water partition coefficient (Wildman–Crippen LogP) is 3.02. The van der Waals surface area contributed by atoms with Gasteiger partial charge in [-0.05, 0) is 11.1 Å². The van der Waals surface area contributed by atoms with Crippen LogP contribution in [0.5, 0.6) is 0 Å². The summed E-state index contributed by atoms with van der Waals surface area (Å²) >= 11 is 0. The fourth-order valence-electron chi connectivity index (χ4n) is 2.19. The van der Waals surface area contributed by atoms with Gasteiger partial charge in [-0.15, -0.1) is 0 Å². The zero-order chi connectivity index (χ0) is 16.6. The lowest BCUT2D eigenvalue weighted by Crippen LogP contribution is -2.24. The van der Waals surface area contributed by atoms with Crippen molar-refractivity contribution < 1.29 is 4.79 Å². The molecule has 0 saturated carbocycles. The highest BCUT2D eigenvalue weighted by molar-refractivity contribution is 5.91. The van der Waals surface area contributed by atoms with Gasteiger partial charge in [0, 0.05) is 13.1 Å². The van der Waals surface area contributed by atoms with Gasteiger partial charge in [-0.1, -0.05) is 60.7 Å². The summed E-state index contributed by atoms with van der Waals surface area (Å²) in [4.78, 5) is 20.5. The zero-order valence-corrected chi connectivity index (χ0v) is 13.1. The van der Waals surface area contributed by atoms with E-state index >= 15 is 0 Å². The SMILES string of the molecule is O=C(NCc1ccccc1)c1cnc(NCc2ccccc2)cn1. The fraction of sp³-hybridized carbons (Fsp3) is 0.105. The Morgan fingerprint density at radius 1 is 0.792 bits per heavy atom. The number of hydrogen-bond donors (Lipinski definition) is 2. The van der Waals surface area contributed by atoms with Gasteiger partial charge >= 0.3 is 0 Å². The molecular formula is C19H18N4O. The summed E-state index contributed by atoms with van der Waals surface area (Å²) in [6, 6.07) is 19.8. The average Bonchev–Trinajstić information content (AvgIpc) is 2.66. The predicted molar refractivity (Wildman–Crippen MR) is 93.4 cm³/mol. The molecule has 24 heavy (non-hydrogen) atoms. The van der Waals surface area contributed by atoms with Crippen LogP contribution in [0.1, 0.15) is 21.6 Å². The Morgan fingerprint density at radius 2 is 1.42 bits per heavy atom. The second kappa shape index (κ2) is 7.87. The van der Waals surface area contributed by atoms with Crippen molar-refractivity contribution in [3.8, 4) is 0 Å². The lowest BCUT2D eigenvalue weighted by molar-refractivity contribution is 0.0945. The molecule has 1 heterocycles. The van der Waals surface area contributed by atoms with Gasteiger partial charge in [-0.2, -0.15) is 0 Å². The topological polar surface area (TPSA) is 66.9 Å². The van der Waals surface area contributed by atoms with Gasteiger partial charge in [0.05, 0.1) is 12.4 Å². The van der Waals surface area contributed by atoms with Gasteiger partial charge in [0.15, 0.2) is 0 Å². The lowest BCUT2D eigenvalue weighted by Gasteiger charge is -2.07. The Morgan fingerprint density at radius 3 is 2.00 bits per heavy atom. The van der Waals surface area contributed by atoms with Gasteiger partial charge in [0.25, 0.3) is 5.91 Å². The first-order valence-electron chi connectivity index (χ1n) is 7.73. The number of nitrogens with one attached hydrogen (secondary N) is 2. The molecule has 1 aromatic heterocycles. The van der Waals surface area contributed by atoms with Crippen LogP contribution in [-0.2, 0) is 13.1 Å². The van der Waals surface area contributed by atoms with Gasteiger partial charge in [0.2, 0.25) is 0 Å². The van der Waals surface area contributed by atoms with Crippen LogP contribution in [-0.4, -0.2) is 15.9 Å². The first-order chi connectivity index (χ1) is 11.8. The lowest BCUT2D eigenvalue weighted by atomic mass is 10.2. The van der Waals surface area contributed by atoms with Crippen LogP contribution in [0.4, 0.5) is 5.82 Å². The minimum absolute atomic E-state index is 0.235. The summed E-state index contributed by atoms with van der Waals surface area (Å²) in [7, 11) is 0. The molecule has 0 atom stereocenters. The number of benzene rings is 2. The van der Waals surface area contributed by atoms with E-state index in [-0.39, 0.29) is 5.91 Å². The van der Waals surface area contributed by atoms with E-state index in [2.05, 4.69) is 20.6 Å². The fourth-order valence-corrected chi connectivity index (χ4v) is 2.19. The molecule has 2 N–H and O–H groups in total. The second-order valence-corrected chi connectivity index (χ2v) is 5.29. The molecule has 0 radical (unpaired) electrons. The highest BCUT2D eigenvalue weighted by Crippen LogP contribution is 2.06. The van der Waals surface area contributed by atoms with Crippen LogP contribution in [0.2, 0.25) is 0 Å². The Bertz CT molecular complexity index is 773. The third-order valence-electron chi connectivity index (χ3n) is 3.50. The molecular weight excluding hydrogens is 300 g/mol. The first-order valence-corrected chi connectivity index (χ1v) is 7.73. The smallest absolute Gasteiger partial charge is 0.271 e. The molecule has 0 aliphatic carbocycles. The standard InChI is InChI=1S/C19H18N4O/c24-19(23-12-16-9-5-2-6-10-16)17-13-22-18(14-20-17)21-11-15-7-3-1-4-8-15/h1-10,13-14H,11-12H2,(H,21,22)(H,23,24). The van der Waals surface area contributed by atoms with E-state index in [4.69, 9.17) is 0 Å². The Hall–Kier alpha value is -3.21. The minimum atomic E-state index is -0.235. The molecule has 0 bridgehead atoms. The molecule has 2 aromatic carbocycles. The van der Waals surface area contributed by atoms with Crippen LogP contribution in [0.25, 0.3) is 0 Å². The van der Waals surface area contributed by atoms with E-state index in [1.165, 1.54) is 6.20 Å². The molecule has 120 valence electrons. The number of nitrogens with zero attached hydrogens (tertiary/aromatic N) is 2. The van der Waals surface area contributed by atoms with Crippen molar-refractivity contribution in [2.45, 2.75) is 13.1 Å². The van der Waals surface area contributed by atoms with Crippen molar-refractivity contribution in [2.24, 2.45) is 0 Å². The molecule has 3 aromatic rings. The Kier molecular flexibility index (Phi) is 5.14. The van der Waals surface area contributed by atoms with Crippen LogP contribution >= 0.6 is 0 Å². The number of carbonyl (C=O) groups excluding carboxylic acids is 1. The van der Waals surface area contributed by atoms with Gasteiger partial charge in [-0.3, -0.25) is 4.79 Å². The molecule has 0 aliphatic rings. The maximum atomic E-state index is 12.1. The summed E-state index contributed by atoms with van der Waals surface area (Å²) in [6.45, 7) is 1.13. The third-order valence-corrected chi connectivity index (χ3v) is 3.50. The van der Waals surface area contributed by atoms with E-state index in [1.807, 2.05) is 60.7 Å². The van der Waals surface area contributed by atoms with Crippen LogP contribution in [0.3, 0.4) is 0 Å². The molecule has 0 aliphatic heterocycles. The van der Waals surface area contributed by atoms with Gasteiger partial charge in [0.1, 0.15) is 11.5 Å². The van der Waals surface area contributed by atoms with Crippen molar-refractivity contribution in [3.63, 3.8) is 0 Å². The van der Waals surface area contributed by atoms with Crippen molar-refractivity contribution in [3.05, 3.63) is 89.9 Å². The van der Waals surface area contributed by atoms with E-state index in [1.54, 1.807) is 6.20 Å². The molecule has 3 rings (SSSR count). The Balaban J connectivity index is 1.53. The second-order valence-electron chi connectivity index (χ2n) is 5.29. The van der Waals surface area contributed by atoms with E-state index < -0.39 is 0 Å². The Labute approximate surface area is 140 Å². The largest absolute Gasteiger partial charge is 0.365 e. The van der Waals surface area contributed by atoms with E-state index in [0.717, 1.165) is 11.1 Å². The van der Waals surface area contributed by atoms with Gasteiger partial charge < -0.3 is 10.6 Å². The monoisotopic (exact) mass is 318 g/mol. The first kappa shape index (κ1) is 15.7. The number of amides is 1. The molecule has 5 nitrogen and oxygen atoms in total. The summed E-state index contributed by atoms with van der Waals surface area (Å²) in [5.41, 5.74) is 2.50. The van der Waals surface area contributed by atoms with Crippen molar-refractivity contribution >= 4 is 11.7 Å². The normalized spacial score (nSPS) is 10.2. The van der Waals surface area contributed by atoms with Crippen molar-refractivity contribution in [1.29, 1.82) is 0 Å². The number of carbonyl (C=O) groups is 1. The molecule has 0 unspecified atom stereocenters. The summed E-state index contributed by atoms with van der Waals surface area (Å²) < 4.78 is 0. The number of aromatic nitrogens is 2. The number of anilines is 1. The van der Waals surface area contributed by atoms with Crippen LogP contribution in [0.15, 0.2) is 73.1 Å². The zero-order valence-electron chi connectivity index (χ0n) is 13.1. The van der Waals surface area contributed by atoms with Crippen molar-refractivity contribution in [2.75, 3.05) is 5.32 Å². The molecule has 0 spiro atoms. The van der Waals surface area contributed by atoms with Gasteiger partial charge in [-0.25, -0.2) is 9.97 Å². The van der Waals surface area contributed by atoms with Crippen LogP contribution in [0, 0.1) is 0 Å².